The average molecular weight is 268 g/mol. The van der Waals surface area contributed by atoms with Crippen LogP contribution in [-0.4, -0.2) is 6.54 Å². The molecule has 0 spiro atoms. The van der Waals surface area contributed by atoms with Crippen LogP contribution in [0.4, 0.5) is 4.39 Å². The van der Waals surface area contributed by atoms with E-state index in [2.05, 4.69) is 5.32 Å². The predicted molar refractivity (Wildman–Crippen MR) is 72.3 cm³/mol. The minimum absolute atomic E-state index is 0.134. The molecule has 0 aromatic heterocycles. The summed E-state index contributed by atoms with van der Waals surface area (Å²) in [7, 11) is 0. The Morgan fingerprint density at radius 3 is 2.78 bits per heavy atom. The molecule has 0 amide bonds. The van der Waals surface area contributed by atoms with E-state index in [1.165, 1.54) is 38.2 Å². The van der Waals surface area contributed by atoms with E-state index in [0.717, 1.165) is 18.5 Å². The Morgan fingerprint density at radius 2 is 2.06 bits per heavy atom. The zero-order valence-electron chi connectivity index (χ0n) is 10.5. The topological polar surface area (TPSA) is 12.0 Å². The molecule has 2 fully saturated rings. The van der Waals surface area contributed by atoms with Crippen molar-refractivity contribution >= 4 is 11.6 Å². The van der Waals surface area contributed by atoms with Gasteiger partial charge in [-0.1, -0.05) is 30.5 Å². The van der Waals surface area contributed by atoms with Crippen molar-refractivity contribution in [2.75, 3.05) is 6.54 Å². The molecule has 1 N–H and O–H groups in total. The van der Waals surface area contributed by atoms with E-state index in [0.29, 0.717) is 10.9 Å². The maximum absolute atomic E-state index is 14.3. The molecule has 0 radical (unpaired) electrons. The summed E-state index contributed by atoms with van der Waals surface area (Å²) >= 11 is 5.87. The minimum atomic E-state index is -0.149. The molecule has 2 aliphatic rings. The van der Waals surface area contributed by atoms with Gasteiger partial charge in [-0.25, -0.2) is 4.39 Å². The lowest BCUT2D eigenvalue weighted by atomic mass is 9.81. The van der Waals surface area contributed by atoms with Gasteiger partial charge in [0.15, 0.2) is 0 Å². The molecule has 1 nitrogen and oxygen atoms in total. The molecule has 1 atom stereocenters. The monoisotopic (exact) mass is 267 g/mol. The van der Waals surface area contributed by atoms with Crippen molar-refractivity contribution in [3.8, 4) is 0 Å². The van der Waals surface area contributed by atoms with E-state index in [4.69, 9.17) is 11.6 Å². The Balaban J connectivity index is 2.02. The zero-order chi connectivity index (χ0) is 12.6. The molecular weight excluding hydrogens is 249 g/mol. The fourth-order valence-corrected chi connectivity index (χ4v) is 3.49. The first-order valence-electron chi connectivity index (χ1n) is 6.93. The second-order valence-corrected chi connectivity index (χ2v) is 6.04. The molecule has 1 saturated carbocycles. The van der Waals surface area contributed by atoms with Gasteiger partial charge in [-0.3, -0.25) is 0 Å². The molecule has 1 aromatic carbocycles. The number of hydrogen-bond acceptors (Lipinski definition) is 1. The van der Waals surface area contributed by atoms with Crippen LogP contribution in [0.5, 0.6) is 0 Å². The highest BCUT2D eigenvalue weighted by molar-refractivity contribution is 6.30. The highest BCUT2D eigenvalue weighted by Gasteiger charge is 2.47. The van der Waals surface area contributed by atoms with E-state index in [-0.39, 0.29) is 11.4 Å². The van der Waals surface area contributed by atoms with Gasteiger partial charge in [-0.2, -0.15) is 0 Å². The average Bonchev–Trinajstić information content (AvgIpc) is 3.16. The lowest BCUT2D eigenvalue weighted by Gasteiger charge is -2.35. The van der Waals surface area contributed by atoms with Gasteiger partial charge in [-0.15, -0.1) is 0 Å². The molecule has 1 aliphatic heterocycles. The van der Waals surface area contributed by atoms with Gasteiger partial charge < -0.3 is 5.32 Å². The second-order valence-electron chi connectivity index (χ2n) is 5.61. The van der Waals surface area contributed by atoms with Crippen LogP contribution in [0, 0.1) is 11.7 Å². The van der Waals surface area contributed by atoms with Gasteiger partial charge in [0.2, 0.25) is 0 Å². The van der Waals surface area contributed by atoms with Crippen LogP contribution in [0.2, 0.25) is 5.02 Å². The number of nitrogens with one attached hydrogen (secondary N) is 1. The van der Waals surface area contributed by atoms with E-state index in [9.17, 15) is 4.39 Å². The van der Waals surface area contributed by atoms with Gasteiger partial charge in [0.1, 0.15) is 5.82 Å². The van der Waals surface area contributed by atoms with Crippen molar-refractivity contribution in [2.45, 2.75) is 44.1 Å². The van der Waals surface area contributed by atoms with Gasteiger partial charge in [-0.05, 0) is 50.3 Å². The van der Waals surface area contributed by atoms with Crippen molar-refractivity contribution in [1.82, 2.24) is 5.32 Å². The van der Waals surface area contributed by atoms with Crippen molar-refractivity contribution < 1.29 is 4.39 Å². The summed E-state index contributed by atoms with van der Waals surface area (Å²) in [6.45, 7) is 0.999. The Morgan fingerprint density at radius 1 is 1.22 bits per heavy atom. The first-order valence-corrected chi connectivity index (χ1v) is 7.31. The quantitative estimate of drug-likeness (QED) is 0.845. The molecule has 1 unspecified atom stereocenters. The number of halogens is 2. The maximum atomic E-state index is 14.3. The first-order chi connectivity index (χ1) is 8.72. The van der Waals surface area contributed by atoms with E-state index >= 15 is 0 Å². The fraction of sp³-hybridized carbons (Fsp3) is 0.600. The summed E-state index contributed by atoms with van der Waals surface area (Å²) in [5.74, 6) is 0.454. The maximum Gasteiger partial charge on any atom is 0.129 e. The minimum Gasteiger partial charge on any atom is -0.307 e. The summed E-state index contributed by atoms with van der Waals surface area (Å²) < 4.78 is 14.3. The molecule has 3 heteroatoms. The molecule has 3 rings (SSSR count). The predicted octanol–water partition coefficient (Wildman–Crippen LogP) is 4.25. The molecule has 1 saturated heterocycles. The molecule has 0 bridgehead atoms. The Kier molecular flexibility index (Phi) is 3.33. The lowest BCUT2D eigenvalue weighted by molar-refractivity contribution is 0.269. The summed E-state index contributed by atoms with van der Waals surface area (Å²) in [6, 6.07) is 5.15. The molecule has 1 aliphatic carbocycles. The second kappa shape index (κ2) is 4.82. The first kappa shape index (κ1) is 12.4. The van der Waals surface area contributed by atoms with Gasteiger partial charge in [0, 0.05) is 16.1 Å². The van der Waals surface area contributed by atoms with Gasteiger partial charge in [0.25, 0.3) is 0 Å². The van der Waals surface area contributed by atoms with Crippen LogP contribution in [0.15, 0.2) is 18.2 Å². The summed E-state index contributed by atoms with van der Waals surface area (Å²) in [5.41, 5.74) is 0.696. The van der Waals surface area contributed by atoms with Crippen LogP contribution in [0.3, 0.4) is 0 Å². The zero-order valence-corrected chi connectivity index (χ0v) is 11.3. The molecule has 1 heterocycles. The normalized spacial score (nSPS) is 29.0. The van der Waals surface area contributed by atoms with Gasteiger partial charge in [0.05, 0.1) is 0 Å². The third-order valence-electron chi connectivity index (χ3n) is 4.37. The van der Waals surface area contributed by atoms with Crippen LogP contribution in [0.25, 0.3) is 0 Å². The Bertz CT molecular complexity index is 434. The van der Waals surface area contributed by atoms with E-state index in [1.54, 1.807) is 0 Å². The summed E-state index contributed by atoms with van der Waals surface area (Å²) in [5, 5.41) is 4.13. The standard InChI is InChI=1S/C15H19ClFN/c16-12-6-7-13(14(17)10-12)15(11-4-5-11)8-2-1-3-9-18-15/h6-7,10-11,18H,1-5,8-9H2. The third-order valence-corrected chi connectivity index (χ3v) is 4.61. The molecule has 18 heavy (non-hydrogen) atoms. The SMILES string of the molecule is Fc1cc(Cl)ccc1C1(C2CC2)CCCCCN1. The highest BCUT2D eigenvalue weighted by atomic mass is 35.5. The van der Waals surface area contributed by atoms with Crippen molar-refractivity contribution in [1.29, 1.82) is 0 Å². The molecular formula is C15H19ClFN. The highest BCUT2D eigenvalue weighted by Crippen LogP contribution is 2.50. The van der Waals surface area contributed by atoms with Gasteiger partial charge >= 0.3 is 0 Å². The van der Waals surface area contributed by atoms with E-state index in [1.807, 2.05) is 12.1 Å². The van der Waals surface area contributed by atoms with Crippen LogP contribution >= 0.6 is 11.6 Å². The van der Waals surface area contributed by atoms with Crippen molar-refractivity contribution in [3.63, 3.8) is 0 Å². The third kappa shape index (κ3) is 2.17. The number of rotatable bonds is 2. The number of hydrogen-bond donors (Lipinski definition) is 1. The van der Waals surface area contributed by atoms with Crippen LogP contribution in [-0.2, 0) is 5.54 Å². The Labute approximate surface area is 113 Å². The lowest BCUT2D eigenvalue weighted by Crippen LogP contribution is -2.44. The Hall–Kier alpha value is -0.600. The molecule has 1 aromatic rings. The van der Waals surface area contributed by atoms with Crippen LogP contribution < -0.4 is 5.32 Å². The van der Waals surface area contributed by atoms with Crippen molar-refractivity contribution in [2.24, 2.45) is 5.92 Å². The number of benzene rings is 1. The smallest absolute Gasteiger partial charge is 0.129 e. The summed E-state index contributed by atoms with van der Waals surface area (Å²) in [6.07, 6.45) is 7.12. The van der Waals surface area contributed by atoms with E-state index < -0.39 is 0 Å². The molecule has 98 valence electrons. The van der Waals surface area contributed by atoms with Crippen LogP contribution in [0.1, 0.15) is 44.1 Å². The van der Waals surface area contributed by atoms with Crippen molar-refractivity contribution in [3.05, 3.63) is 34.6 Å². The summed E-state index contributed by atoms with van der Waals surface area (Å²) in [4.78, 5) is 0. The fourth-order valence-electron chi connectivity index (χ4n) is 3.33. The largest absolute Gasteiger partial charge is 0.307 e.